The van der Waals surface area contributed by atoms with Crippen molar-refractivity contribution in [3.63, 3.8) is 0 Å². The molecule has 2 aliphatic rings. The number of carboxylic acid groups (broad SMARTS) is 1. The maximum Gasteiger partial charge on any atom is 0.337 e. The third kappa shape index (κ3) is 2.58. The monoisotopic (exact) mass is 384 g/mol. The SMILES string of the molecule is CC(=O)[C@@H]1[C@@H](N)[C@@H](P(=O)(O)O)[C@@]2(C(=O)O)CS[C@@](O)(C(N)=O)[C@H]1O2. The molecule has 0 aromatic rings. The molecule has 2 aliphatic heterocycles. The van der Waals surface area contributed by atoms with Gasteiger partial charge in [0.15, 0.2) is 5.60 Å². The number of ether oxygens (including phenoxy) is 1. The van der Waals surface area contributed by atoms with Gasteiger partial charge in [-0.3, -0.25) is 14.2 Å². The fourth-order valence-corrected chi connectivity index (χ4v) is 6.12. The van der Waals surface area contributed by atoms with Crippen molar-refractivity contribution < 1.29 is 43.7 Å². The second kappa shape index (κ2) is 5.77. The minimum absolute atomic E-state index is 0.360. The quantitative estimate of drug-likeness (QED) is 0.273. The summed E-state index contributed by atoms with van der Waals surface area (Å²) in [5, 5.41) is 20.0. The molecule has 2 heterocycles. The van der Waals surface area contributed by atoms with Crippen LogP contribution in [-0.2, 0) is 23.7 Å². The van der Waals surface area contributed by atoms with Crippen LogP contribution in [0.3, 0.4) is 0 Å². The lowest BCUT2D eigenvalue weighted by Crippen LogP contribution is -2.77. The van der Waals surface area contributed by atoms with Crippen molar-refractivity contribution in [1.82, 2.24) is 0 Å². The van der Waals surface area contributed by atoms with Gasteiger partial charge in [0.2, 0.25) is 4.93 Å². The number of amides is 1. The normalized spacial score (nSPS) is 42.4. The number of aliphatic carboxylic acids is 1. The van der Waals surface area contributed by atoms with Crippen LogP contribution in [0, 0.1) is 5.92 Å². The first-order chi connectivity index (χ1) is 10.8. The Labute approximate surface area is 139 Å². The van der Waals surface area contributed by atoms with Gasteiger partial charge >= 0.3 is 13.6 Å². The first-order valence-electron chi connectivity index (χ1n) is 6.67. The summed E-state index contributed by atoms with van der Waals surface area (Å²) in [6, 6.07) is -1.66. The van der Waals surface area contributed by atoms with E-state index in [1.165, 1.54) is 0 Å². The van der Waals surface area contributed by atoms with Gasteiger partial charge in [-0.25, -0.2) is 4.79 Å². The summed E-state index contributed by atoms with van der Waals surface area (Å²) in [5.41, 5.74) is 6.46. The molecule has 24 heavy (non-hydrogen) atoms. The van der Waals surface area contributed by atoms with Crippen molar-refractivity contribution in [2.75, 3.05) is 5.75 Å². The Hall–Kier alpha value is -1.01. The number of carboxylic acids is 1. The van der Waals surface area contributed by atoms with Gasteiger partial charge < -0.3 is 36.2 Å². The largest absolute Gasteiger partial charge is 0.479 e. The Kier molecular flexibility index (Phi) is 4.64. The van der Waals surface area contributed by atoms with Crippen LogP contribution in [0.4, 0.5) is 0 Å². The molecular formula is C11H17N2O9PS. The molecule has 0 radical (unpaired) electrons. The van der Waals surface area contributed by atoms with E-state index < -0.39 is 65.3 Å². The van der Waals surface area contributed by atoms with Crippen molar-refractivity contribution >= 4 is 37.0 Å². The lowest BCUT2D eigenvalue weighted by atomic mass is 9.77. The summed E-state index contributed by atoms with van der Waals surface area (Å²) in [6.45, 7) is 1.03. The van der Waals surface area contributed by atoms with Gasteiger partial charge in [0.05, 0.1) is 5.92 Å². The van der Waals surface area contributed by atoms with E-state index in [2.05, 4.69) is 0 Å². The van der Waals surface area contributed by atoms with Crippen LogP contribution in [0.2, 0.25) is 0 Å². The topological polar surface area (TPSA) is 210 Å². The summed E-state index contributed by atoms with van der Waals surface area (Å²) in [5.74, 6) is -5.94. The van der Waals surface area contributed by atoms with Gasteiger partial charge in [-0.05, 0) is 6.92 Å². The summed E-state index contributed by atoms with van der Waals surface area (Å²) in [6.07, 6.45) is -1.75. The van der Waals surface area contributed by atoms with Crippen LogP contribution in [0.15, 0.2) is 0 Å². The highest BCUT2D eigenvalue weighted by atomic mass is 32.2. The second-order valence-electron chi connectivity index (χ2n) is 5.83. The predicted octanol–water partition coefficient (Wildman–Crippen LogP) is -2.79. The number of Topliss-reactive ketones (excluding diaryl/α,β-unsaturated/α-hetero) is 1. The zero-order valence-corrected chi connectivity index (χ0v) is 14.1. The molecule has 0 unspecified atom stereocenters. The Morgan fingerprint density at radius 2 is 1.88 bits per heavy atom. The summed E-state index contributed by atoms with van der Waals surface area (Å²) < 4.78 is 17.1. The van der Waals surface area contributed by atoms with Crippen LogP contribution in [0.25, 0.3) is 0 Å². The number of nitrogens with two attached hydrogens (primary N) is 2. The van der Waals surface area contributed by atoms with Gasteiger partial charge in [0.1, 0.15) is 17.5 Å². The molecular weight excluding hydrogens is 367 g/mol. The molecule has 11 nitrogen and oxygen atoms in total. The zero-order chi connectivity index (χ0) is 18.7. The number of fused-ring (bicyclic) bond motifs is 2. The third-order valence-corrected chi connectivity index (χ3v) is 7.29. The molecule has 2 bridgehead atoms. The van der Waals surface area contributed by atoms with E-state index in [0.29, 0.717) is 11.8 Å². The number of primary amides is 1. The summed E-state index contributed by atoms with van der Waals surface area (Å²) >= 11 is 0.360. The zero-order valence-electron chi connectivity index (χ0n) is 12.4. The second-order valence-corrected chi connectivity index (χ2v) is 8.76. The lowest BCUT2D eigenvalue weighted by Gasteiger charge is -2.56. The average Bonchev–Trinajstić information content (AvgIpc) is 2.40. The maximum absolute atomic E-state index is 11.9. The molecule has 6 atom stereocenters. The van der Waals surface area contributed by atoms with E-state index >= 15 is 0 Å². The molecule has 0 spiro atoms. The van der Waals surface area contributed by atoms with Crippen molar-refractivity contribution in [2.45, 2.75) is 35.3 Å². The summed E-state index contributed by atoms with van der Waals surface area (Å²) in [4.78, 5) is 52.0. The van der Waals surface area contributed by atoms with Crippen LogP contribution >= 0.6 is 19.4 Å². The number of carbonyl (C=O) groups is 3. The highest BCUT2D eigenvalue weighted by Crippen LogP contribution is 2.59. The number of rotatable bonds is 4. The summed E-state index contributed by atoms with van der Waals surface area (Å²) in [7, 11) is -5.12. The van der Waals surface area contributed by atoms with Crippen LogP contribution < -0.4 is 11.5 Å². The predicted molar refractivity (Wildman–Crippen MR) is 79.8 cm³/mol. The highest BCUT2D eigenvalue weighted by molar-refractivity contribution is 8.01. The molecule has 13 heteroatoms. The number of carbonyl (C=O) groups excluding carboxylic acids is 2. The Morgan fingerprint density at radius 3 is 2.25 bits per heavy atom. The minimum atomic E-state index is -5.12. The fraction of sp³-hybridized carbons (Fsp3) is 0.727. The number of aliphatic hydroxyl groups is 1. The molecule has 0 aromatic heterocycles. The van der Waals surface area contributed by atoms with E-state index in [1.807, 2.05) is 0 Å². The van der Waals surface area contributed by atoms with E-state index in [1.54, 1.807) is 0 Å². The smallest absolute Gasteiger partial charge is 0.337 e. The van der Waals surface area contributed by atoms with Gasteiger partial charge in [0, 0.05) is 11.8 Å². The molecule has 2 rings (SSSR count). The van der Waals surface area contributed by atoms with Gasteiger partial charge in [-0.2, -0.15) is 0 Å². The first kappa shape index (κ1) is 19.3. The molecule has 2 saturated heterocycles. The van der Waals surface area contributed by atoms with E-state index in [0.717, 1.165) is 6.92 Å². The third-order valence-electron chi connectivity index (χ3n) is 4.36. The van der Waals surface area contributed by atoms with Gasteiger partial charge in [-0.1, -0.05) is 0 Å². The average molecular weight is 384 g/mol. The Morgan fingerprint density at radius 1 is 1.33 bits per heavy atom. The maximum atomic E-state index is 11.9. The molecule has 0 aromatic carbocycles. The van der Waals surface area contributed by atoms with Crippen LogP contribution in [0.5, 0.6) is 0 Å². The minimum Gasteiger partial charge on any atom is -0.479 e. The Bertz CT molecular complexity index is 653. The van der Waals surface area contributed by atoms with Crippen molar-refractivity contribution in [2.24, 2.45) is 17.4 Å². The van der Waals surface area contributed by atoms with Gasteiger partial charge in [-0.15, -0.1) is 11.8 Å². The van der Waals surface area contributed by atoms with E-state index in [4.69, 9.17) is 16.2 Å². The highest BCUT2D eigenvalue weighted by Gasteiger charge is 2.71. The number of hydrogen-bond acceptors (Lipinski definition) is 8. The Balaban J connectivity index is 2.69. The molecule has 1 amide bonds. The van der Waals surface area contributed by atoms with E-state index in [-0.39, 0.29) is 0 Å². The number of ketones is 1. The molecule has 136 valence electrons. The van der Waals surface area contributed by atoms with Crippen molar-refractivity contribution in [3.8, 4) is 0 Å². The fourth-order valence-electron chi connectivity index (χ4n) is 3.25. The van der Waals surface area contributed by atoms with Crippen LogP contribution in [0.1, 0.15) is 6.92 Å². The lowest BCUT2D eigenvalue weighted by molar-refractivity contribution is -0.214. The van der Waals surface area contributed by atoms with E-state index in [9.17, 15) is 38.9 Å². The van der Waals surface area contributed by atoms with Crippen LogP contribution in [-0.4, -0.2) is 71.8 Å². The van der Waals surface area contributed by atoms with Crippen molar-refractivity contribution in [1.29, 1.82) is 0 Å². The van der Waals surface area contributed by atoms with Gasteiger partial charge in [0.25, 0.3) is 5.91 Å². The first-order valence-corrected chi connectivity index (χ1v) is 9.34. The molecule has 8 N–H and O–H groups in total. The molecule has 0 saturated carbocycles. The van der Waals surface area contributed by atoms with Crippen molar-refractivity contribution in [3.05, 3.63) is 0 Å². The molecule has 0 aliphatic carbocycles. The number of thioether (sulfide) groups is 1. The number of hydrogen-bond donors (Lipinski definition) is 6. The molecule has 2 fully saturated rings. The standard InChI is InChI=1S/C11H17N2O9PS/c1-3(14)4-5(12)7(23(19,20)21)10(9(16)17)2-24-11(18,8(13)15)6(4)22-10/h4-7,18H,2,12H2,1H3,(H2,13,15)(H,16,17)(H2,19,20,21)/t4-,5-,6+,7-,10-,11-/m1/s1.